The van der Waals surface area contributed by atoms with Crippen molar-refractivity contribution in [2.75, 3.05) is 26.4 Å². The fourth-order valence-corrected chi connectivity index (χ4v) is 2.21. The molecule has 0 radical (unpaired) electrons. The van der Waals surface area contributed by atoms with Gasteiger partial charge in [-0.25, -0.2) is 0 Å². The topological polar surface area (TPSA) is 43.4 Å². The summed E-state index contributed by atoms with van der Waals surface area (Å²) in [4.78, 5) is 4.27. The molecule has 18 heavy (non-hydrogen) atoms. The van der Waals surface area contributed by atoms with Gasteiger partial charge in [0.1, 0.15) is 6.10 Å². The predicted octanol–water partition coefficient (Wildman–Crippen LogP) is 1.85. The predicted molar refractivity (Wildman–Crippen MR) is 70.6 cm³/mol. The summed E-state index contributed by atoms with van der Waals surface area (Å²) in [5.74, 6) is 0. The second-order valence-corrected chi connectivity index (χ2v) is 4.71. The van der Waals surface area contributed by atoms with E-state index in [0.717, 1.165) is 13.0 Å². The molecule has 1 aliphatic heterocycles. The van der Waals surface area contributed by atoms with E-state index in [2.05, 4.69) is 30.2 Å². The average Bonchev–Trinajstić information content (AvgIpc) is 2.40. The van der Waals surface area contributed by atoms with E-state index in [1.54, 1.807) is 0 Å². The molecule has 0 saturated carbocycles. The molecule has 1 fully saturated rings. The van der Waals surface area contributed by atoms with Crippen LogP contribution in [0.25, 0.3) is 0 Å². The molecule has 1 N–H and O–H groups in total. The largest absolute Gasteiger partial charge is 0.376 e. The van der Waals surface area contributed by atoms with Crippen LogP contribution in [-0.2, 0) is 9.47 Å². The van der Waals surface area contributed by atoms with E-state index in [9.17, 15) is 0 Å². The molecule has 0 aliphatic carbocycles. The molecule has 2 rings (SSSR count). The molecule has 100 valence electrons. The maximum absolute atomic E-state index is 5.82. The molecule has 1 saturated heterocycles. The van der Waals surface area contributed by atoms with E-state index in [-0.39, 0.29) is 12.1 Å². The molecule has 2 heterocycles. The maximum Gasteiger partial charge on any atom is 0.100 e. The molecular formula is C14H22N2O2. The number of nitrogens with zero attached hydrogens (tertiary/aromatic N) is 1. The number of pyridine rings is 1. The lowest BCUT2D eigenvalue weighted by Crippen LogP contribution is -2.41. The Bertz CT molecular complexity index is 365. The molecule has 4 nitrogen and oxygen atoms in total. The number of ether oxygens (including phenoxy) is 2. The van der Waals surface area contributed by atoms with Gasteiger partial charge in [0.05, 0.1) is 25.9 Å². The molecule has 0 bridgehead atoms. The molecule has 0 spiro atoms. The van der Waals surface area contributed by atoms with Crippen LogP contribution >= 0.6 is 0 Å². The highest BCUT2D eigenvalue weighted by Crippen LogP contribution is 2.21. The van der Waals surface area contributed by atoms with Gasteiger partial charge in [-0.15, -0.1) is 0 Å². The van der Waals surface area contributed by atoms with Gasteiger partial charge in [-0.05, 0) is 31.0 Å². The number of aryl methyl sites for hydroxylation is 1. The molecule has 0 aromatic carbocycles. The summed E-state index contributed by atoms with van der Waals surface area (Å²) in [5, 5.41) is 3.54. The number of rotatable bonds is 5. The first-order valence-electron chi connectivity index (χ1n) is 6.65. The van der Waals surface area contributed by atoms with Crippen molar-refractivity contribution in [2.24, 2.45) is 0 Å². The minimum atomic E-state index is 0.0777. The molecule has 4 heteroatoms. The van der Waals surface area contributed by atoms with Crippen LogP contribution in [0.4, 0.5) is 0 Å². The molecule has 1 aromatic heterocycles. The van der Waals surface area contributed by atoms with Crippen LogP contribution in [0.3, 0.4) is 0 Å². The highest BCUT2D eigenvalue weighted by molar-refractivity contribution is 5.21. The summed E-state index contributed by atoms with van der Waals surface area (Å²) in [6.45, 7) is 7.22. The van der Waals surface area contributed by atoms with E-state index in [4.69, 9.17) is 9.47 Å². The Morgan fingerprint density at radius 2 is 2.33 bits per heavy atom. The van der Waals surface area contributed by atoms with Crippen LogP contribution in [0.15, 0.2) is 18.5 Å². The van der Waals surface area contributed by atoms with Crippen LogP contribution in [0.1, 0.15) is 30.5 Å². The Kier molecular flexibility index (Phi) is 5.11. The molecular weight excluding hydrogens is 228 g/mol. The van der Waals surface area contributed by atoms with Gasteiger partial charge in [-0.1, -0.05) is 13.0 Å². The van der Waals surface area contributed by atoms with Crippen LogP contribution in [0, 0.1) is 6.92 Å². The quantitative estimate of drug-likeness (QED) is 0.866. The van der Waals surface area contributed by atoms with Gasteiger partial charge >= 0.3 is 0 Å². The second-order valence-electron chi connectivity index (χ2n) is 4.71. The number of nitrogens with one attached hydrogen (secondary N) is 1. The fourth-order valence-electron chi connectivity index (χ4n) is 2.21. The monoisotopic (exact) mass is 250 g/mol. The highest BCUT2D eigenvalue weighted by Gasteiger charge is 2.26. The molecule has 0 amide bonds. The SMILES string of the molecule is CCCNC(c1cncc(C)c1)C1COCCO1. The van der Waals surface area contributed by atoms with E-state index < -0.39 is 0 Å². The number of hydrogen-bond donors (Lipinski definition) is 1. The van der Waals surface area contributed by atoms with Gasteiger partial charge in [0.25, 0.3) is 0 Å². The smallest absolute Gasteiger partial charge is 0.100 e. The average molecular weight is 250 g/mol. The lowest BCUT2D eigenvalue weighted by Gasteiger charge is -2.31. The first-order chi connectivity index (χ1) is 8.81. The van der Waals surface area contributed by atoms with Crippen molar-refractivity contribution in [3.63, 3.8) is 0 Å². The Morgan fingerprint density at radius 3 is 3.00 bits per heavy atom. The minimum Gasteiger partial charge on any atom is -0.376 e. The Labute approximate surface area is 109 Å². The summed E-state index contributed by atoms with van der Waals surface area (Å²) >= 11 is 0. The van der Waals surface area contributed by atoms with Gasteiger partial charge in [0.2, 0.25) is 0 Å². The van der Waals surface area contributed by atoms with E-state index in [1.165, 1.54) is 11.1 Å². The maximum atomic E-state index is 5.82. The van der Waals surface area contributed by atoms with E-state index >= 15 is 0 Å². The summed E-state index contributed by atoms with van der Waals surface area (Å²) in [7, 11) is 0. The third kappa shape index (κ3) is 3.51. The standard InChI is InChI=1S/C14H22N2O2/c1-3-4-16-14(13-10-17-5-6-18-13)12-7-11(2)8-15-9-12/h7-9,13-14,16H,3-6,10H2,1-2H3. The normalized spacial score (nSPS) is 21.8. The van der Waals surface area contributed by atoms with E-state index in [0.29, 0.717) is 19.8 Å². The van der Waals surface area contributed by atoms with Crippen molar-refractivity contribution < 1.29 is 9.47 Å². The first-order valence-corrected chi connectivity index (χ1v) is 6.65. The van der Waals surface area contributed by atoms with Crippen molar-refractivity contribution in [3.05, 3.63) is 29.6 Å². The summed E-state index contributed by atoms with van der Waals surface area (Å²) < 4.78 is 11.3. The molecule has 1 aromatic rings. The van der Waals surface area contributed by atoms with Crippen molar-refractivity contribution in [1.82, 2.24) is 10.3 Å². The zero-order valence-electron chi connectivity index (χ0n) is 11.2. The molecule has 1 aliphatic rings. The lowest BCUT2D eigenvalue weighted by atomic mass is 10.0. The summed E-state index contributed by atoms with van der Waals surface area (Å²) in [6.07, 6.45) is 4.97. The van der Waals surface area contributed by atoms with Gasteiger partial charge in [0, 0.05) is 12.4 Å². The molecule has 2 atom stereocenters. The fraction of sp³-hybridized carbons (Fsp3) is 0.643. The van der Waals surface area contributed by atoms with Crippen molar-refractivity contribution in [2.45, 2.75) is 32.4 Å². The third-order valence-electron chi connectivity index (χ3n) is 3.08. The zero-order chi connectivity index (χ0) is 12.8. The van der Waals surface area contributed by atoms with Crippen molar-refractivity contribution in [3.8, 4) is 0 Å². The van der Waals surface area contributed by atoms with Crippen LogP contribution in [-0.4, -0.2) is 37.5 Å². The minimum absolute atomic E-state index is 0.0777. The van der Waals surface area contributed by atoms with Gasteiger partial charge in [0.15, 0.2) is 0 Å². The molecule has 2 unspecified atom stereocenters. The van der Waals surface area contributed by atoms with Crippen molar-refractivity contribution in [1.29, 1.82) is 0 Å². The number of hydrogen-bond acceptors (Lipinski definition) is 4. The van der Waals surface area contributed by atoms with Gasteiger partial charge < -0.3 is 14.8 Å². The summed E-state index contributed by atoms with van der Waals surface area (Å²) in [5.41, 5.74) is 2.35. The van der Waals surface area contributed by atoms with E-state index in [1.807, 2.05) is 12.4 Å². The van der Waals surface area contributed by atoms with Gasteiger partial charge in [-0.2, -0.15) is 0 Å². The third-order valence-corrected chi connectivity index (χ3v) is 3.08. The highest BCUT2D eigenvalue weighted by atomic mass is 16.6. The lowest BCUT2D eigenvalue weighted by molar-refractivity contribution is -0.102. The Balaban J connectivity index is 2.12. The van der Waals surface area contributed by atoms with Crippen LogP contribution < -0.4 is 5.32 Å². The van der Waals surface area contributed by atoms with Crippen LogP contribution in [0.2, 0.25) is 0 Å². The van der Waals surface area contributed by atoms with Gasteiger partial charge in [-0.3, -0.25) is 4.98 Å². The number of aromatic nitrogens is 1. The summed E-state index contributed by atoms with van der Waals surface area (Å²) in [6, 6.07) is 2.33. The Hall–Kier alpha value is -0.970. The van der Waals surface area contributed by atoms with Crippen molar-refractivity contribution >= 4 is 0 Å². The Morgan fingerprint density at radius 1 is 1.44 bits per heavy atom. The van der Waals surface area contributed by atoms with Crippen LogP contribution in [0.5, 0.6) is 0 Å². The second kappa shape index (κ2) is 6.83. The zero-order valence-corrected chi connectivity index (χ0v) is 11.2. The first kappa shape index (κ1) is 13.5.